The lowest BCUT2D eigenvalue weighted by Gasteiger charge is -1.77. The van der Waals surface area contributed by atoms with Gasteiger partial charge in [-0.1, -0.05) is 0 Å². The van der Waals surface area contributed by atoms with Crippen molar-refractivity contribution in [3.05, 3.63) is 14.5 Å². The summed E-state index contributed by atoms with van der Waals surface area (Å²) in [5, 5.41) is 0.909. The third kappa shape index (κ3) is 1.14. The Morgan fingerprint density at radius 1 is 1.75 bits per heavy atom. The smallest absolute Gasteiger partial charge is 0.0870 e. The lowest BCUT2D eigenvalue weighted by atomic mass is 10.5. The molecule has 0 aliphatic heterocycles. The van der Waals surface area contributed by atoms with Crippen LogP contribution in [0.25, 0.3) is 0 Å². The second-order valence-electron chi connectivity index (χ2n) is 1.55. The molecule has 1 heterocycles. The fourth-order valence-electron chi connectivity index (χ4n) is 0.482. The lowest BCUT2D eigenvalue weighted by Crippen LogP contribution is -1.73. The van der Waals surface area contributed by atoms with E-state index in [0.29, 0.717) is 0 Å². The van der Waals surface area contributed by atoms with E-state index in [1.165, 1.54) is 8.45 Å². The van der Waals surface area contributed by atoms with E-state index in [0.717, 1.165) is 5.00 Å². The van der Waals surface area contributed by atoms with E-state index >= 15 is 0 Å². The van der Waals surface area contributed by atoms with Crippen LogP contribution in [-0.4, -0.2) is 0 Å². The maximum atomic E-state index is 5.49. The molecule has 0 bridgehead atoms. The number of hydrogen-bond donors (Lipinski definition) is 1. The highest BCUT2D eigenvalue weighted by Crippen LogP contribution is 2.24. The molecule has 0 aromatic carbocycles. The molecule has 1 rings (SSSR count). The maximum absolute atomic E-state index is 5.49. The number of halogens is 1. The van der Waals surface area contributed by atoms with Crippen LogP contribution in [0.1, 0.15) is 4.88 Å². The summed E-state index contributed by atoms with van der Waals surface area (Å²) in [5.74, 6) is 0. The highest BCUT2D eigenvalue weighted by Gasteiger charge is 1.96. The second kappa shape index (κ2) is 2.23. The third-order valence-corrected chi connectivity index (χ3v) is 3.24. The van der Waals surface area contributed by atoms with Gasteiger partial charge < -0.3 is 5.73 Å². The molecule has 1 nitrogen and oxygen atoms in total. The minimum atomic E-state index is 0.909. The van der Waals surface area contributed by atoms with Crippen LogP contribution in [0.4, 0.5) is 5.00 Å². The van der Waals surface area contributed by atoms with Crippen molar-refractivity contribution < 1.29 is 0 Å². The molecule has 0 atom stereocenters. The summed E-state index contributed by atoms with van der Waals surface area (Å²) in [6.07, 6.45) is 0. The first-order valence-corrected chi connectivity index (χ1v) is 4.11. The van der Waals surface area contributed by atoms with Gasteiger partial charge in [0.15, 0.2) is 0 Å². The number of anilines is 1. The minimum Gasteiger partial charge on any atom is -0.391 e. The van der Waals surface area contributed by atoms with Gasteiger partial charge in [-0.15, -0.1) is 11.3 Å². The Morgan fingerprint density at radius 3 is 2.50 bits per heavy atom. The molecule has 1 aromatic rings. The van der Waals surface area contributed by atoms with E-state index in [1.807, 2.05) is 6.07 Å². The normalized spacial score (nSPS) is 9.75. The van der Waals surface area contributed by atoms with Crippen LogP contribution in [0.3, 0.4) is 0 Å². The molecule has 3 heteroatoms. The van der Waals surface area contributed by atoms with Crippen LogP contribution in [0, 0.1) is 10.5 Å². The molecular weight excluding hydrogens is 233 g/mol. The molecule has 0 spiro atoms. The fraction of sp³-hybridized carbons (Fsp3) is 0.200. The first-order chi connectivity index (χ1) is 3.70. The fourth-order valence-corrected chi connectivity index (χ4v) is 2.05. The van der Waals surface area contributed by atoms with E-state index < -0.39 is 0 Å². The summed E-state index contributed by atoms with van der Waals surface area (Å²) in [4.78, 5) is 1.31. The van der Waals surface area contributed by atoms with E-state index in [2.05, 4.69) is 29.5 Å². The summed E-state index contributed by atoms with van der Waals surface area (Å²) in [6.45, 7) is 2.07. The number of aryl methyl sites for hydroxylation is 1. The summed E-state index contributed by atoms with van der Waals surface area (Å²) in [5.41, 5.74) is 5.49. The molecular formula is C5H6INS. The zero-order valence-corrected chi connectivity index (χ0v) is 7.41. The van der Waals surface area contributed by atoms with Gasteiger partial charge in [-0.3, -0.25) is 0 Å². The van der Waals surface area contributed by atoms with Crippen molar-refractivity contribution in [2.45, 2.75) is 6.92 Å². The van der Waals surface area contributed by atoms with E-state index in [4.69, 9.17) is 5.73 Å². The summed E-state index contributed by atoms with van der Waals surface area (Å²) >= 11 is 3.92. The molecule has 0 amide bonds. The molecule has 0 saturated carbocycles. The summed E-state index contributed by atoms with van der Waals surface area (Å²) < 4.78 is 1.27. The van der Waals surface area contributed by atoms with Crippen molar-refractivity contribution in [1.29, 1.82) is 0 Å². The zero-order valence-electron chi connectivity index (χ0n) is 4.44. The maximum Gasteiger partial charge on any atom is 0.0870 e. The highest BCUT2D eigenvalue weighted by atomic mass is 127. The summed E-state index contributed by atoms with van der Waals surface area (Å²) in [7, 11) is 0. The Bertz CT molecular complexity index is 175. The number of hydrogen-bond acceptors (Lipinski definition) is 2. The van der Waals surface area contributed by atoms with Crippen molar-refractivity contribution in [2.24, 2.45) is 0 Å². The third-order valence-electron chi connectivity index (χ3n) is 0.876. The molecule has 0 saturated heterocycles. The zero-order chi connectivity index (χ0) is 6.15. The van der Waals surface area contributed by atoms with Crippen molar-refractivity contribution in [3.8, 4) is 0 Å². The van der Waals surface area contributed by atoms with Crippen LogP contribution in [0.5, 0.6) is 0 Å². The topological polar surface area (TPSA) is 26.0 Å². The quantitative estimate of drug-likeness (QED) is 0.690. The van der Waals surface area contributed by atoms with Crippen LogP contribution < -0.4 is 5.73 Å². The largest absolute Gasteiger partial charge is 0.391 e. The summed E-state index contributed by atoms with van der Waals surface area (Å²) in [6, 6.07) is 1.99. The van der Waals surface area contributed by atoms with Crippen LogP contribution in [0.2, 0.25) is 0 Å². The highest BCUT2D eigenvalue weighted by molar-refractivity contribution is 14.1. The Labute approximate surface area is 66.0 Å². The molecule has 0 unspecified atom stereocenters. The monoisotopic (exact) mass is 239 g/mol. The Morgan fingerprint density at radius 2 is 2.38 bits per heavy atom. The van der Waals surface area contributed by atoms with Crippen LogP contribution >= 0.6 is 33.9 Å². The molecule has 8 heavy (non-hydrogen) atoms. The van der Waals surface area contributed by atoms with Gasteiger partial charge in [-0.25, -0.2) is 0 Å². The van der Waals surface area contributed by atoms with Crippen LogP contribution in [-0.2, 0) is 0 Å². The Kier molecular flexibility index (Phi) is 1.77. The standard InChI is InChI=1S/C5H6INS/c1-3-4(6)2-5(7)8-3/h2H,7H2,1H3. The van der Waals surface area contributed by atoms with Crippen LogP contribution in [0.15, 0.2) is 6.07 Å². The van der Waals surface area contributed by atoms with Crippen molar-refractivity contribution in [1.82, 2.24) is 0 Å². The van der Waals surface area contributed by atoms with Gasteiger partial charge in [-0.2, -0.15) is 0 Å². The molecule has 0 aliphatic rings. The first-order valence-electron chi connectivity index (χ1n) is 2.21. The van der Waals surface area contributed by atoms with Crippen molar-refractivity contribution in [3.63, 3.8) is 0 Å². The van der Waals surface area contributed by atoms with Gasteiger partial charge in [0.1, 0.15) is 0 Å². The second-order valence-corrected chi connectivity index (χ2v) is 4.00. The van der Waals surface area contributed by atoms with E-state index in [-0.39, 0.29) is 0 Å². The van der Waals surface area contributed by atoms with Gasteiger partial charge in [0.05, 0.1) is 5.00 Å². The minimum absolute atomic E-state index is 0.909. The molecule has 0 radical (unpaired) electrons. The molecule has 2 N–H and O–H groups in total. The number of nitrogens with two attached hydrogens (primary N) is 1. The Hall–Kier alpha value is 0.230. The Balaban J connectivity index is 3.14. The predicted octanol–water partition coefficient (Wildman–Crippen LogP) is 2.24. The average Bonchev–Trinajstić information content (AvgIpc) is 1.85. The van der Waals surface area contributed by atoms with Gasteiger partial charge in [0, 0.05) is 8.45 Å². The number of nitrogen functional groups attached to an aromatic ring is 1. The average molecular weight is 239 g/mol. The van der Waals surface area contributed by atoms with E-state index in [9.17, 15) is 0 Å². The predicted molar refractivity (Wildman–Crippen MR) is 46.2 cm³/mol. The van der Waals surface area contributed by atoms with Gasteiger partial charge in [0.25, 0.3) is 0 Å². The SMILES string of the molecule is Cc1sc(N)cc1I. The van der Waals surface area contributed by atoms with Crippen molar-refractivity contribution >= 4 is 38.9 Å². The molecule has 0 fully saturated rings. The molecule has 44 valence electrons. The number of rotatable bonds is 0. The first kappa shape index (κ1) is 6.35. The lowest BCUT2D eigenvalue weighted by molar-refractivity contribution is 1.59. The van der Waals surface area contributed by atoms with E-state index in [1.54, 1.807) is 11.3 Å². The van der Waals surface area contributed by atoms with Gasteiger partial charge >= 0.3 is 0 Å². The van der Waals surface area contributed by atoms with Gasteiger partial charge in [-0.05, 0) is 35.6 Å². The number of thiophene rings is 1. The molecule has 0 aliphatic carbocycles. The van der Waals surface area contributed by atoms with Gasteiger partial charge in [0.2, 0.25) is 0 Å². The van der Waals surface area contributed by atoms with Crippen molar-refractivity contribution in [2.75, 3.05) is 5.73 Å². The molecule has 1 aromatic heterocycles.